The van der Waals surface area contributed by atoms with E-state index in [1.165, 1.54) is 11.3 Å². The first-order valence-corrected chi connectivity index (χ1v) is 7.59. The lowest BCUT2D eigenvalue weighted by Crippen LogP contribution is -2.25. The van der Waals surface area contributed by atoms with Crippen molar-refractivity contribution in [1.29, 1.82) is 0 Å². The van der Waals surface area contributed by atoms with Crippen LogP contribution < -0.4 is 5.32 Å². The van der Waals surface area contributed by atoms with E-state index < -0.39 is 0 Å². The van der Waals surface area contributed by atoms with E-state index in [0.717, 1.165) is 23.7 Å². The number of anilines is 1. The smallest absolute Gasteiger partial charge is 0.264 e. The number of hydrogen-bond donors (Lipinski definition) is 2. The van der Waals surface area contributed by atoms with Crippen molar-refractivity contribution < 1.29 is 9.59 Å². The molecule has 2 heterocycles. The highest BCUT2D eigenvalue weighted by atomic mass is 32.1. The van der Waals surface area contributed by atoms with Gasteiger partial charge in [-0.25, -0.2) is 4.98 Å². The summed E-state index contributed by atoms with van der Waals surface area (Å²) in [6.07, 6.45) is 5.32. The summed E-state index contributed by atoms with van der Waals surface area (Å²) >= 11 is 1.30. The maximum atomic E-state index is 12.3. The van der Waals surface area contributed by atoms with Crippen LogP contribution in [0.15, 0.2) is 24.5 Å². The Hall–Kier alpha value is -2.15. The topological polar surface area (TPSA) is 78.1 Å². The lowest BCUT2D eigenvalue weighted by atomic mass is 10.4. The van der Waals surface area contributed by atoms with Crippen molar-refractivity contribution in [2.45, 2.75) is 19.4 Å². The van der Waals surface area contributed by atoms with Gasteiger partial charge in [0.1, 0.15) is 5.82 Å². The number of nitrogens with zero attached hydrogens (tertiary/aromatic N) is 2. The fraction of sp³-hybridized carbons (Fsp3) is 0.357. The minimum Gasteiger partial charge on any atom is -0.347 e. The average molecular weight is 304 g/mol. The predicted molar refractivity (Wildman–Crippen MR) is 80.1 cm³/mol. The standard InChI is InChI=1S/C14H16N4O2S/c1-18(8-11-15-6-7-16-11)14(20)10-4-5-12(21-10)17-13(19)9-2-3-9/h4-7,9H,2-3,8H2,1H3,(H,15,16)(H,17,19). The molecule has 0 radical (unpaired) electrons. The average Bonchev–Trinajstić information content (AvgIpc) is 3.01. The molecule has 1 fully saturated rings. The Morgan fingerprint density at radius 1 is 1.48 bits per heavy atom. The molecule has 2 aromatic rings. The van der Waals surface area contributed by atoms with Gasteiger partial charge in [0.15, 0.2) is 0 Å². The maximum absolute atomic E-state index is 12.3. The molecule has 3 rings (SSSR count). The molecule has 1 aliphatic carbocycles. The maximum Gasteiger partial charge on any atom is 0.264 e. The van der Waals surface area contributed by atoms with Gasteiger partial charge in [-0.05, 0) is 25.0 Å². The first-order chi connectivity index (χ1) is 10.1. The van der Waals surface area contributed by atoms with E-state index in [1.54, 1.807) is 36.5 Å². The van der Waals surface area contributed by atoms with Crippen molar-refractivity contribution in [3.8, 4) is 0 Å². The van der Waals surface area contributed by atoms with E-state index in [0.29, 0.717) is 11.4 Å². The molecule has 2 amide bonds. The Labute approximate surface area is 126 Å². The number of carbonyl (C=O) groups excluding carboxylic acids is 2. The number of rotatable bonds is 5. The largest absolute Gasteiger partial charge is 0.347 e. The quantitative estimate of drug-likeness (QED) is 0.888. The van der Waals surface area contributed by atoms with E-state index in [1.807, 2.05) is 0 Å². The second kappa shape index (κ2) is 5.69. The number of aromatic nitrogens is 2. The van der Waals surface area contributed by atoms with Crippen LogP contribution in [0.2, 0.25) is 0 Å². The third kappa shape index (κ3) is 3.30. The van der Waals surface area contributed by atoms with Crippen molar-refractivity contribution in [2.24, 2.45) is 5.92 Å². The summed E-state index contributed by atoms with van der Waals surface area (Å²) in [6, 6.07) is 3.52. The summed E-state index contributed by atoms with van der Waals surface area (Å²) < 4.78 is 0. The lowest BCUT2D eigenvalue weighted by molar-refractivity contribution is -0.117. The van der Waals surface area contributed by atoms with Crippen LogP contribution in [0.5, 0.6) is 0 Å². The predicted octanol–water partition coefficient (Wildman–Crippen LogP) is 2.09. The van der Waals surface area contributed by atoms with E-state index in [4.69, 9.17) is 0 Å². The van der Waals surface area contributed by atoms with Crippen LogP contribution in [0.4, 0.5) is 5.00 Å². The van der Waals surface area contributed by atoms with Crippen LogP contribution in [0.1, 0.15) is 28.3 Å². The highest BCUT2D eigenvalue weighted by Gasteiger charge is 2.30. The van der Waals surface area contributed by atoms with Crippen molar-refractivity contribution in [1.82, 2.24) is 14.9 Å². The molecule has 7 heteroatoms. The van der Waals surface area contributed by atoms with Crippen molar-refractivity contribution in [2.75, 3.05) is 12.4 Å². The molecule has 0 spiro atoms. The third-order valence-electron chi connectivity index (χ3n) is 3.30. The zero-order valence-corrected chi connectivity index (χ0v) is 12.4. The molecule has 1 saturated carbocycles. The SMILES string of the molecule is CN(Cc1ncc[nH]1)C(=O)c1ccc(NC(=O)C2CC2)s1. The van der Waals surface area contributed by atoms with Gasteiger partial charge < -0.3 is 15.2 Å². The van der Waals surface area contributed by atoms with Crippen LogP contribution in [0.3, 0.4) is 0 Å². The fourth-order valence-corrected chi connectivity index (χ4v) is 2.86. The molecule has 2 N–H and O–H groups in total. The summed E-state index contributed by atoms with van der Waals surface area (Å²) in [7, 11) is 1.73. The molecular weight excluding hydrogens is 288 g/mol. The van der Waals surface area contributed by atoms with E-state index in [9.17, 15) is 9.59 Å². The molecule has 0 bridgehead atoms. The molecule has 21 heavy (non-hydrogen) atoms. The lowest BCUT2D eigenvalue weighted by Gasteiger charge is -2.14. The van der Waals surface area contributed by atoms with Crippen LogP contribution in [0, 0.1) is 5.92 Å². The number of nitrogens with one attached hydrogen (secondary N) is 2. The number of H-pyrrole nitrogens is 1. The molecular formula is C14H16N4O2S. The molecule has 110 valence electrons. The summed E-state index contributed by atoms with van der Waals surface area (Å²) in [6.45, 7) is 0.424. The Morgan fingerprint density at radius 3 is 2.95 bits per heavy atom. The molecule has 0 aromatic carbocycles. The van der Waals surface area contributed by atoms with Gasteiger partial charge in [-0.15, -0.1) is 11.3 Å². The van der Waals surface area contributed by atoms with Crippen LogP contribution in [0.25, 0.3) is 0 Å². The van der Waals surface area contributed by atoms with Gasteiger partial charge in [0, 0.05) is 25.4 Å². The van der Waals surface area contributed by atoms with Crippen LogP contribution in [-0.2, 0) is 11.3 Å². The van der Waals surface area contributed by atoms with E-state index >= 15 is 0 Å². The van der Waals surface area contributed by atoms with Crippen molar-refractivity contribution in [3.63, 3.8) is 0 Å². The molecule has 0 atom stereocenters. The number of amides is 2. The second-order valence-electron chi connectivity index (χ2n) is 5.12. The first-order valence-electron chi connectivity index (χ1n) is 6.78. The zero-order valence-electron chi connectivity index (χ0n) is 11.6. The van der Waals surface area contributed by atoms with Gasteiger partial charge in [-0.2, -0.15) is 0 Å². The second-order valence-corrected chi connectivity index (χ2v) is 6.21. The molecule has 0 aliphatic heterocycles. The summed E-state index contributed by atoms with van der Waals surface area (Å²) in [5.74, 6) is 0.876. The normalized spacial score (nSPS) is 14.0. The van der Waals surface area contributed by atoms with Crippen molar-refractivity contribution >= 4 is 28.2 Å². The fourth-order valence-electron chi connectivity index (χ4n) is 1.96. The summed E-state index contributed by atoms with van der Waals surface area (Å²) in [5.41, 5.74) is 0. The molecule has 0 saturated heterocycles. The van der Waals surface area contributed by atoms with E-state index in [-0.39, 0.29) is 17.7 Å². The first kappa shape index (κ1) is 13.8. The summed E-state index contributed by atoms with van der Waals surface area (Å²) in [5, 5.41) is 3.58. The Kier molecular flexibility index (Phi) is 3.74. The van der Waals surface area contributed by atoms with Gasteiger partial charge in [-0.1, -0.05) is 0 Å². The van der Waals surface area contributed by atoms with Crippen LogP contribution >= 0.6 is 11.3 Å². The van der Waals surface area contributed by atoms with Gasteiger partial charge in [0.2, 0.25) is 5.91 Å². The van der Waals surface area contributed by atoms with E-state index in [2.05, 4.69) is 15.3 Å². The number of carbonyl (C=O) groups is 2. The van der Waals surface area contributed by atoms with Crippen LogP contribution in [-0.4, -0.2) is 33.7 Å². The highest BCUT2D eigenvalue weighted by Crippen LogP contribution is 2.31. The highest BCUT2D eigenvalue weighted by molar-refractivity contribution is 7.18. The minimum absolute atomic E-state index is 0.0554. The Bertz CT molecular complexity index is 646. The van der Waals surface area contributed by atoms with Gasteiger partial charge in [0.25, 0.3) is 5.91 Å². The Balaban J connectivity index is 1.61. The molecule has 2 aromatic heterocycles. The summed E-state index contributed by atoms with van der Waals surface area (Å²) in [4.78, 5) is 33.3. The number of imidazole rings is 1. The monoisotopic (exact) mass is 304 g/mol. The molecule has 0 unspecified atom stereocenters. The Morgan fingerprint density at radius 2 is 2.29 bits per heavy atom. The van der Waals surface area contributed by atoms with Gasteiger partial charge in [0.05, 0.1) is 16.4 Å². The number of thiophene rings is 1. The number of aromatic amines is 1. The number of hydrogen-bond acceptors (Lipinski definition) is 4. The molecule has 1 aliphatic rings. The van der Waals surface area contributed by atoms with Crippen molar-refractivity contribution in [3.05, 3.63) is 35.2 Å². The molecule has 6 nitrogen and oxygen atoms in total. The zero-order chi connectivity index (χ0) is 14.8. The minimum atomic E-state index is -0.0803. The van der Waals surface area contributed by atoms with Gasteiger partial charge in [-0.3, -0.25) is 9.59 Å². The third-order valence-corrected chi connectivity index (χ3v) is 4.29. The van der Waals surface area contributed by atoms with Gasteiger partial charge >= 0.3 is 0 Å².